The van der Waals surface area contributed by atoms with Crippen LogP contribution in [0.3, 0.4) is 0 Å². The van der Waals surface area contributed by atoms with E-state index in [-0.39, 0.29) is 13.0 Å². The largest absolute Gasteiger partial charge is 0.460 e. The maximum Gasteiger partial charge on any atom is 0.310 e. The molecule has 1 aromatic carbocycles. The Morgan fingerprint density at radius 2 is 2.04 bits per heavy atom. The smallest absolute Gasteiger partial charge is 0.310 e. The van der Waals surface area contributed by atoms with E-state index in [0.717, 1.165) is 11.3 Å². The summed E-state index contributed by atoms with van der Waals surface area (Å²) in [4.78, 5) is 20.9. The van der Waals surface area contributed by atoms with E-state index in [2.05, 4.69) is 15.1 Å². The standard InChI is InChI=1S/C17H17FN4O2S/c1-10-13(11(2)22-16(19-10)20-17(21-22)25-3)8-15(23)24-9-12-6-4-5-7-14(12)18/h4-7H,8-9H2,1-3H3. The van der Waals surface area contributed by atoms with E-state index >= 15 is 0 Å². The van der Waals surface area contributed by atoms with E-state index < -0.39 is 11.8 Å². The quantitative estimate of drug-likeness (QED) is 0.515. The molecule has 25 heavy (non-hydrogen) atoms. The van der Waals surface area contributed by atoms with Gasteiger partial charge >= 0.3 is 5.97 Å². The van der Waals surface area contributed by atoms with Gasteiger partial charge < -0.3 is 4.74 Å². The van der Waals surface area contributed by atoms with Crippen molar-refractivity contribution >= 4 is 23.5 Å². The highest BCUT2D eigenvalue weighted by Gasteiger charge is 2.17. The molecule has 6 nitrogen and oxygen atoms in total. The Kier molecular flexibility index (Phi) is 4.98. The van der Waals surface area contributed by atoms with Crippen molar-refractivity contribution in [3.8, 4) is 0 Å². The number of carbonyl (C=O) groups is 1. The number of fused-ring (bicyclic) bond motifs is 1. The van der Waals surface area contributed by atoms with Gasteiger partial charge in [0.05, 0.1) is 6.42 Å². The summed E-state index contributed by atoms with van der Waals surface area (Å²) in [5.74, 6) is -0.332. The predicted octanol–water partition coefficient (Wildman–Crippen LogP) is 2.89. The van der Waals surface area contributed by atoms with Gasteiger partial charge in [0.2, 0.25) is 5.16 Å². The Bertz CT molecular complexity index is 942. The molecule has 0 aliphatic carbocycles. The molecule has 3 rings (SSSR count). The molecule has 0 unspecified atom stereocenters. The van der Waals surface area contributed by atoms with E-state index in [1.54, 1.807) is 22.7 Å². The molecule has 0 saturated heterocycles. The summed E-state index contributed by atoms with van der Waals surface area (Å²) in [6.07, 6.45) is 1.93. The summed E-state index contributed by atoms with van der Waals surface area (Å²) >= 11 is 1.43. The molecular formula is C17H17FN4O2S. The molecule has 130 valence electrons. The van der Waals surface area contributed by atoms with Crippen LogP contribution in [0.5, 0.6) is 0 Å². The number of ether oxygens (including phenoxy) is 1. The van der Waals surface area contributed by atoms with Crippen LogP contribution >= 0.6 is 11.8 Å². The Labute approximate surface area is 148 Å². The van der Waals surface area contributed by atoms with Crippen LogP contribution in [0.4, 0.5) is 4.39 Å². The Morgan fingerprint density at radius 3 is 2.76 bits per heavy atom. The Balaban J connectivity index is 1.77. The fourth-order valence-corrected chi connectivity index (χ4v) is 2.84. The normalized spacial score (nSPS) is 11.0. The average Bonchev–Trinajstić information content (AvgIpc) is 3.01. The lowest BCUT2D eigenvalue weighted by Gasteiger charge is -2.10. The van der Waals surface area contributed by atoms with Crippen molar-refractivity contribution in [2.75, 3.05) is 6.26 Å². The molecule has 0 amide bonds. The Morgan fingerprint density at radius 1 is 1.28 bits per heavy atom. The van der Waals surface area contributed by atoms with Crippen LogP contribution in [-0.2, 0) is 22.6 Å². The minimum atomic E-state index is -0.444. The van der Waals surface area contributed by atoms with E-state index in [4.69, 9.17) is 4.74 Å². The molecule has 0 saturated carbocycles. The van der Waals surface area contributed by atoms with Gasteiger partial charge in [0.15, 0.2) is 0 Å². The molecule has 0 spiro atoms. The SMILES string of the molecule is CSc1nc2nc(C)c(CC(=O)OCc3ccccc3F)c(C)n2n1. The number of nitrogens with zero attached hydrogens (tertiary/aromatic N) is 4. The highest BCUT2D eigenvalue weighted by atomic mass is 32.2. The number of carbonyl (C=O) groups excluding carboxylic acids is 1. The number of rotatable bonds is 5. The number of thioether (sulfide) groups is 1. The minimum absolute atomic E-state index is 0.0452. The maximum absolute atomic E-state index is 13.6. The molecule has 0 atom stereocenters. The van der Waals surface area contributed by atoms with Gasteiger partial charge in [-0.2, -0.15) is 4.98 Å². The first kappa shape index (κ1) is 17.3. The zero-order valence-corrected chi connectivity index (χ0v) is 14.9. The summed E-state index contributed by atoms with van der Waals surface area (Å²) in [5.41, 5.74) is 2.58. The minimum Gasteiger partial charge on any atom is -0.460 e. The van der Waals surface area contributed by atoms with Crippen molar-refractivity contribution in [3.05, 3.63) is 52.6 Å². The molecule has 2 aromatic heterocycles. The molecule has 3 aromatic rings. The lowest BCUT2D eigenvalue weighted by atomic mass is 10.1. The second kappa shape index (κ2) is 7.18. The fraction of sp³-hybridized carbons (Fsp3) is 0.294. The van der Waals surface area contributed by atoms with Crippen LogP contribution in [-0.4, -0.2) is 31.8 Å². The monoisotopic (exact) mass is 360 g/mol. The highest BCUT2D eigenvalue weighted by molar-refractivity contribution is 7.98. The van der Waals surface area contributed by atoms with Gasteiger partial charge in [-0.3, -0.25) is 4.79 Å². The van der Waals surface area contributed by atoms with Crippen LogP contribution in [0.15, 0.2) is 29.4 Å². The second-order valence-electron chi connectivity index (χ2n) is 5.50. The number of esters is 1. The van der Waals surface area contributed by atoms with Crippen LogP contribution in [0.25, 0.3) is 5.78 Å². The van der Waals surface area contributed by atoms with Gasteiger partial charge in [0.1, 0.15) is 12.4 Å². The summed E-state index contributed by atoms with van der Waals surface area (Å²) in [7, 11) is 0. The van der Waals surface area contributed by atoms with E-state index in [9.17, 15) is 9.18 Å². The van der Waals surface area contributed by atoms with Gasteiger partial charge in [0.25, 0.3) is 5.78 Å². The number of hydrogen-bond donors (Lipinski definition) is 0. The van der Waals surface area contributed by atoms with Crippen molar-refractivity contribution in [1.82, 2.24) is 19.6 Å². The number of benzene rings is 1. The third-order valence-electron chi connectivity index (χ3n) is 3.88. The van der Waals surface area contributed by atoms with Crippen LogP contribution < -0.4 is 0 Å². The van der Waals surface area contributed by atoms with Crippen LogP contribution in [0.1, 0.15) is 22.5 Å². The third-order valence-corrected chi connectivity index (χ3v) is 4.42. The zero-order valence-electron chi connectivity index (χ0n) is 14.1. The first-order chi connectivity index (χ1) is 12.0. The summed E-state index contributed by atoms with van der Waals surface area (Å²) in [6.45, 7) is 3.58. The van der Waals surface area contributed by atoms with Gasteiger partial charge in [0, 0.05) is 22.5 Å². The number of aryl methyl sites for hydroxylation is 2. The van der Waals surface area contributed by atoms with Gasteiger partial charge in [-0.1, -0.05) is 30.0 Å². The maximum atomic E-state index is 13.6. The molecule has 8 heteroatoms. The lowest BCUT2D eigenvalue weighted by molar-refractivity contribution is -0.144. The summed E-state index contributed by atoms with van der Waals surface area (Å²) in [6, 6.07) is 6.22. The van der Waals surface area contributed by atoms with Crippen LogP contribution in [0.2, 0.25) is 0 Å². The van der Waals surface area contributed by atoms with Gasteiger partial charge in [-0.25, -0.2) is 13.9 Å². The van der Waals surface area contributed by atoms with Crippen molar-refractivity contribution in [2.45, 2.75) is 32.0 Å². The molecule has 2 heterocycles. The van der Waals surface area contributed by atoms with Gasteiger partial charge in [-0.05, 0) is 26.2 Å². The lowest BCUT2D eigenvalue weighted by Crippen LogP contribution is -2.13. The Hall–Kier alpha value is -2.48. The van der Waals surface area contributed by atoms with Crippen molar-refractivity contribution in [1.29, 1.82) is 0 Å². The topological polar surface area (TPSA) is 69.4 Å². The molecule has 0 radical (unpaired) electrons. The number of halogens is 1. The first-order valence-electron chi connectivity index (χ1n) is 7.65. The first-order valence-corrected chi connectivity index (χ1v) is 8.88. The molecule has 0 N–H and O–H groups in total. The molecule has 0 bridgehead atoms. The van der Waals surface area contributed by atoms with Gasteiger partial charge in [-0.15, -0.1) is 5.10 Å². The summed E-state index contributed by atoms with van der Waals surface area (Å²) in [5, 5.41) is 4.97. The summed E-state index contributed by atoms with van der Waals surface area (Å²) < 4.78 is 20.4. The van der Waals surface area contributed by atoms with Crippen molar-refractivity contribution in [2.24, 2.45) is 0 Å². The number of hydrogen-bond acceptors (Lipinski definition) is 6. The number of aromatic nitrogens is 4. The van der Waals surface area contributed by atoms with E-state index in [1.165, 1.54) is 17.8 Å². The fourth-order valence-electron chi connectivity index (χ4n) is 2.50. The van der Waals surface area contributed by atoms with Crippen molar-refractivity contribution in [3.63, 3.8) is 0 Å². The molecule has 0 aliphatic rings. The van der Waals surface area contributed by atoms with E-state index in [1.807, 2.05) is 20.1 Å². The zero-order chi connectivity index (χ0) is 18.0. The van der Waals surface area contributed by atoms with Crippen LogP contribution in [0, 0.1) is 19.7 Å². The van der Waals surface area contributed by atoms with Crippen molar-refractivity contribution < 1.29 is 13.9 Å². The predicted molar refractivity (Wildman–Crippen MR) is 91.9 cm³/mol. The second-order valence-corrected chi connectivity index (χ2v) is 6.27. The molecule has 0 aliphatic heterocycles. The highest BCUT2D eigenvalue weighted by Crippen LogP contribution is 2.18. The average molecular weight is 360 g/mol. The van der Waals surface area contributed by atoms with E-state index in [0.29, 0.717) is 22.2 Å². The molecule has 0 fully saturated rings. The molecular weight excluding hydrogens is 343 g/mol. The third kappa shape index (κ3) is 3.63.